The molecule has 0 aromatic heterocycles. The molecule has 4 N–H and O–H groups in total. The second-order valence-corrected chi connectivity index (χ2v) is 11.4. The SMILES string of the molecule is CN1CC[C@H]2CC[C@@H](C(=O)N[C@@H](CCC(N)=O)C(=O)OCc3ccccc3)N2C(=O)[C@@H](NC(=O)OC(C)(C)C)C1. The van der Waals surface area contributed by atoms with E-state index in [9.17, 15) is 24.0 Å². The quantitative estimate of drug-likeness (QED) is 0.379. The fraction of sp³-hybridized carbons (Fsp3) is 0.607. The van der Waals surface area contributed by atoms with E-state index in [-0.39, 0.29) is 37.9 Å². The molecule has 12 heteroatoms. The van der Waals surface area contributed by atoms with Gasteiger partial charge in [-0.15, -0.1) is 0 Å². The molecule has 1 aromatic rings. The first kappa shape index (κ1) is 30.9. The first-order valence-corrected chi connectivity index (χ1v) is 13.6. The zero-order valence-corrected chi connectivity index (χ0v) is 23.7. The highest BCUT2D eigenvalue weighted by atomic mass is 16.6. The summed E-state index contributed by atoms with van der Waals surface area (Å²) < 4.78 is 10.8. The van der Waals surface area contributed by atoms with Gasteiger partial charge in [0.25, 0.3) is 0 Å². The van der Waals surface area contributed by atoms with Gasteiger partial charge in [0.05, 0.1) is 0 Å². The molecule has 0 bridgehead atoms. The number of esters is 1. The Hall–Kier alpha value is -3.67. The fourth-order valence-corrected chi connectivity index (χ4v) is 4.98. The minimum atomic E-state index is -1.12. The van der Waals surface area contributed by atoms with Crippen molar-refractivity contribution in [3.8, 4) is 0 Å². The largest absolute Gasteiger partial charge is 0.459 e. The minimum absolute atomic E-state index is 0.00423. The fourth-order valence-electron chi connectivity index (χ4n) is 4.98. The number of benzene rings is 1. The predicted molar refractivity (Wildman–Crippen MR) is 146 cm³/mol. The van der Waals surface area contributed by atoms with Gasteiger partial charge in [-0.3, -0.25) is 14.4 Å². The van der Waals surface area contributed by atoms with Crippen molar-refractivity contribution in [1.29, 1.82) is 0 Å². The van der Waals surface area contributed by atoms with E-state index in [0.717, 1.165) is 5.56 Å². The number of hydrogen-bond acceptors (Lipinski definition) is 8. The van der Waals surface area contributed by atoms with Crippen LogP contribution in [0.25, 0.3) is 0 Å². The second-order valence-electron chi connectivity index (χ2n) is 11.4. The van der Waals surface area contributed by atoms with Gasteiger partial charge in [0.1, 0.15) is 30.3 Å². The highest BCUT2D eigenvalue weighted by Crippen LogP contribution is 2.29. The molecular weight excluding hydrogens is 518 g/mol. The molecule has 3 rings (SSSR count). The van der Waals surface area contributed by atoms with Crippen molar-refractivity contribution in [3.05, 3.63) is 35.9 Å². The van der Waals surface area contributed by atoms with Crippen LogP contribution in [0.3, 0.4) is 0 Å². The number of alkyl carbamates (subject to hydrolysis) is 1. The van der Waals surface area contributed by atoms with Gasteiger partial charge in [0.2, 0.25) is 17.7 Å². The van der Waals surface area contributed by atoms with Gasteiger partial charge in [0, 0.05) is 19.0 Å². The van der Waals surface area contributed by atoms with Gasteiger partial charge in [-0.25, -0.2) is 9.59 Å². The van der Waals surface area contributed by atoms with Crippen molar-refractivity contribution in [2.45, 2.75) is 89.3 Å². The van der Waals surface area contributed by atoms with E-state index in [1.807, 2.05) is 30.1 Å². The summed E-state index contributed by atoms with van der Waals surface area (Å²) in [4.78, 5) is 67.6. The van der Waals surface area contributed by atoms with Crippen LogP contribution < -0.4 is 16.4 Å². The molecule has 4 atom stereocenters. The normalized spacial score (nSPS) is 22.4. The third-order valence-corrected chi connectivity index (χ3v) is 6.89. The van der Waals surface area contributed by atoms with E-state index in [1.165, 1.54) is 4.90 Å². The first-order chi connectivity index (χ1) is 18.8. The number of likely N-dealkylation sites (N-methyl/N-ethyl adjacent to an activating group) is 1. The maximum absolute atomic E-state index is 13.7. The van der Waals surface area contributed by atoms with Gasteiger partial charge >= 0.3 is 12.1 Å². The van der Waals surface area contributed by atoms with Crippen LogP contribution in [-0.2, 0) is 35.3 Å². The molecule has 2 fully saturated rings. The van der Waals surface area contributed by atoms with Gasteiger partial charge in [-0.2, -0.15) is 0 Å². The van der Waals surface area contributed by atoms with Crippen LogP contribution in [-0.4, -0.2) is 89.5 Å². The topological polar surface area (TPSA) is 160 Å². The molecule has 0 unspecified atom stereocenters. The molecule has 1 aromatic carbocycles. The molecule has 0 radical (unpaired) electrons. The Morgan fingerprint density at radius 2 is 1.80 bits per heavy atom. The Kier molecular flexibility index (Phi) is 10.5. The van der Waals surface area contributed by atoms with Gasteiger partial charge < -0.3 is 35.6 Å². The molecule has 2 aliphatic heterocycles. The number of nitrogens with zero attached hydrogens (tertiary/aromatic N) is 2. The molecule has 2 aliphatic rings. The maximum Gasteiger partial charge on any atom is 0.408 e. The van der Waals surface area contributed by atoms with Crippen molar-refractivity contribution in [2.75, 3.05) is 20.1 Å². The lowest BCUT2D eigenvalue weighted by atomic mass is 10.1. The maximum atomic E-state index is 13.7. The smallest absolute Gasteiger partial charge is 0.408 e. The Morgan fingerprint density at radius 1 is 1.10 bits per heavy atom. The number of carbonyl (C=O) groups excluding carboxylic acids is 5. The van der Waals surface area contributed by atoms with Crippen molar-refractivity contribution in [3.63, 3.8) is 0 Å². The van der Waals surface area contributed by atoms with E-state index >= 15 is 0 Å². The van der Waals surface area contributed by atoms with Crippen LogP contribution in [0.15, 0.2) is 30.3 Å². The monoisotopic (exact) mass is 559 g/mol. The standard InChI is InChI=1S/C28H41N5O7/c1-28(2,3)40-27(38)31-21-16-32(4)15-14-19-10-12-22(33(19)25(21)36)24(35)30-20(11-13-23(29)34)26(37)39-17-18-8-6-5-7-9-18/h5-9,19-22H,10-17H2,1-4H3,(H2,29,34)(H,30,35)(H,31,38)/t19-,20+,21+,22+/m1/s1. The summed E-state index contributed by atoms with van der Waals surface area (Å²) >= 11 is 0. The Labute approximate surface area is 234 Å². The third kappa shape index (κ3) is 8.94. The number of hydrogen-bond donors (Lipinski definition) is 3. The molecule has 2 saturated heterocycles. The van der Waals surface area contributed by atoms with Gasteiger partial charge in [-0.05, 0) is 65.6 Å². The van der Waals surface area contributed by atoms with E-state index in [0.29, 0.717) is 25.8 Å². The van der Waals surface area contributed by atoms with Crippen LogP contribution in [0.5, 0.6) is 0 Å². The third-order valence-electron chi connectivity index (χ3n) is 6.89. The molecule has 220 valence electrons. The van der Waals surface area contributed by atoms with Crippen molar-refractivity contribution >= 4 is 29.8 Å². The average Bonchev–Trinajstić information content (AvgIpc) is 3.30. The highest BCUT2D eigenvalue weighted by molar-refractivity contribution is 5.94. The molecule has 40 heavy (non-hydrogen) atoms. The summed E-state index contributed by atoms with van der Waals surface area (Å²) in [7, 11) is 1.87. The first-order valence-electron chi connectivity index (χ1n) is 13.6. The summed E-state index contributed by atoms with van der Waals surface area (Å²) in [6.45, 7) is 6.12. The Morgan fingerprint density at radius 3 is 2.45 bits per heavy atom. The number of primary amides is 1. The molecule has 0 saturated carbocycles. The Balaban J connectivity index is 1.73. The number of carbonyl (C=O) groups is 5. The summed E-state index contributed by atoms with van der Waals surface area (Å²) in [5, 5.41) is 5.37. The minimum Gasteiger partial charge on any atom is -0.459 e. The zero-order valence-electron chi connectivity index (χ0n) is 23.7. The second kappa shape index (κ2) is 13.6. The summed E-state index contributed by atoms with van der Waals surface area (Å²) in [5.41, 5.74) is 5.33. The van der Waals surface area contributed by atoms with Crippen LogP contribution in [0.1, 0.15) is 58.4 Å². The van der Waals surface area contributed by atoms with E-state index in [1.54, 1.807) is 32.9 Å². The number of rotatable bonds is 9. The molecule has 0 spiro atoms. The lowest BCUT2D eigenvalue weighted by Gasteiger charge is -2.38. The highest BCUT2D eigenvalue weighted by Gasteiger charge is 2.45. The number of fused-ring (bicyclic) bond motifs is 1. The van der Waals surface area contributed by atoms with Crippen LogP contribution >= 0.6 is 0 Å². The van der Waals surface area contributed by atoms with Crippen molar-refractivity contribution < 1.29 is 33.4 Å². The number of ether oxygens (including phenoxy) is 2. The number of amides is 4. The molecule has 0 aliphatic carbocycles. The molecule has 2 heterocycles. The Bertz CT molecular complexity index is 1070. The van der Waals surface area contributed by atoms with Gasteiger partial charge in [0.15, 0.2) is 0 Å². The average molecular weight is 560 g/mol. The lowest BCUT2D eigenvalue weighted by Crippen LogP contribution is -2.61. The van der Waals surface area contributed by atoms with Crippen molar-refractivity contribution in [2.24, 2.45) is 5.73 Å². The van der Waals surface area contributed by atoms with E-state index in [4.69, 9.17) is 15.2 Å². The summed E-state index contributed by atoms with van der Waals surface area (Å²) in [6, 6.07) is 5.99. The van der Waals surface area contributed by atoms with E-state index < -0.39 is 47.6 Å². The number of nitrogens with one attached hydrogen (secondary N) is 2. The predicted octanol–water partition coefficient (Wildman–Crippen LogP) is 1.07. The molecule has 12 nitrogen and oxygen atoms in total. The van der Waals surface area contributed by atoms with E-state index in [2.05, 4.69) is 10.6 Å². The van der Waals surface area contributed by atoms with Crippen molar-refractivity contribution in [1.82, 2.24) is 20.4 Å². The number of nitrogens with two attached hydrogens (primary N) is 1. The molecule has 4 amide bonds. The zero-order chi connectivity index (χ0) is 29.4. The van der Waals surface area contributed by atoms with Crippen LogP contribution in [0.2, 0.25) is 0 Å². The van der Waals surface area contributed by atoms with Crippen LogP contribution in [0.4, 0.5) is 4.79 Å². The summed E-state index contributed by atoms with van der Waals surface area (Å²) in [6.07, 6.45) is 0.773. The molecular formula is C28H41N5O7. The summed E-state index contributed by atoms with van der Waals surface area (Å²) in [5.74, 6) is -2.22. The lowest BCUT2D eigenvalue weighted by molar-refractivity contribution is -0.150. The van der Waals surface area contributed by atoms with Crippen LogP contribution in [0, 0.1) is 0 Å². The van der Waals surface area contributed by atoms with Gasteiger partial charge in [-0.1, -0.05) is 30.3 Å².